The van der Waals surface area contributed by atoms with Crippen LogP contribution < -0.4 is 5.32 Å². The summed E-state index contributed by atoms with van der Waals surface area (Å²) in [6, 6.07) is 17.5. The van der Waals surface area contributed by atoms with Gasteiger partial charge in [0, 0.05) is 0 Å². The highest BCUT2D eigenvalue weighted by molar-refractivity contribution is 5.76. The van der Waals surface area contributed by atoms with E-state index in [0.717, 1.165) is 6.54 Å². The molecule has 0 bridgehead atoms. The van der Waals surface area contributed by atoms with Crippen LogP contribution in [-0.2, 0) is 0 Å². The summed E-state index contributed by atoms with van der Waals surface area (Å²) in [5.74, 6) is 0. The fourth-order valence-corrected chi connectivity index (χ4v) is 2.62. The molecule has 3 rings (SSSR count). The highest BCUT2D eigenvalue weighted by Gasteiger charge is 2.19. The third kappa shape index (κ3) is 1.87. The Balaban J connectivity index is 2.20. The largest absolute Gasteiger partial charge is 0.306 e. The highest BCUT2D eigenvalue weighted by atomic mass is 14.9. The average Bonchev–Trinajstić information content (AvgIpc) is 2.58. The lowest BCUT2D eigenvalue weighted by Crippen LogP contribution is -2.22. The van der Waals surface area contributed by atoms with Crippen molar-refractivity contribution in [2.45, 2.75) is 13.0 Å². The van der Waals surface area contributed by atoms with E-state index in [0.29, 0.717) is 0 Å². The van der Waals surface area contributed by atoms with Crippen LogP contribution in [0.3, 0.4) is 0 Å². The van der Waals surface area contributed by atoms with Crippen molar-refractivity contribution in [3.63, 3.8) is 0 Å². The van der Waals surface area contributed by atoms with Crippen molar-refractivity contribution in [1.29, 1.82) is 0 Å². The second-order valence-corrected chi connectivity index (χ2v) is 4.58. The van der Waals surface area contributed by atoms with Crippen molar-refractivity contribution in [1.82, 2.24) is 5.32 Å². The second kappa shape index (κ2) is 4.79. The fraction of sp³-hybridized carbons (Fsp3) is 0.176. The lowest BCUT2D eigenvalue weighted by atomic mass is 9.94. The van der Waals surface area contributed by atoms with Crippen LogP contribution in [0.2, 0.25) is 0 Å². The Kier molecular flexibility index (Phi) is 2.99. The molecular formula is C17H17N. The summed E-state index contributed by atoms with van der Waals surface area (Å²) in [6.07, 6.45) is 4.43. The predicted octanol–water partition coefficient (Wildman–Crippen LogP) is 3.87. The number of benzene rings is 2. The Labute approximate surface area is 108 Å². The molecule has 1 heteroatoms. The summed E-state index contributed by atoms with van der Waals surface area (Å²) in [7, 11) is 0. The van der Waals surface area contributed by atoms with Crippen molar-refractivity contribution < 1.29 is 0 Å². The molecule has 0 saturated carbocycles. The van der Waals surface area contributed by atoms with Gasteiger partial charge < -0.3 is 5.32 Å². The van der Waals surface area contributed by atoms with E-state index in [4.69, 9.17) is 0 Å². The maximum Gasteiger partial charge on any atom is 0.0588 e. The first-order chi connectivity index (χ1) is 8.90. The smallest absolute Gasteiger partial charge is 0.0588 e. The predicted molar refractivity (Wildman–Crippen MR) is 77.3 cm³/mol. The molecule has 1 nitrogen and oxygen atoms in total. The van der Waals surface area contributed by atoms with Gasteiger partial charge in [-0.25, -0.2) is 0 Å². The zero-order valence-corrected chi connectivity index (χ0v) is 10.6. The van der Waals surface area contributed by atoms with Gasteiger partial charge in [-0.3, -0.25) is 0 Å². The molecule has 0 fully saturated rings. The fourth-order valence-electron chi connectivity index (χ4n) is 2.62. The van der Waals surface area contributed by atoms with Crippen LogP contribution in [0.15, 0.2) is 48.5 Å². The van der Waals surface area contributed by atoms with Crippen molar-refractivity contribution in [2.75, 3.05) is 6.54 Å². The monoisotopic (exact) mass is 235 g/mol. The van der Waals surface area contributed by atoms with Crippen LogP contribution in [0.5, 0.6) is 0 Å². The summed E-state index contributed by atoms with van der Waals surface area (Å²) >= 11 is 0. The van der Waals surface area contributed by atoms with Crippen LogP contribution >= 0.6 is 0 Å². The number of nitrogens with one attached hydrogen (secondary N) is 1. The van der Waals surface area contributed by atoms with Gasteiger partial charge in [0.15, 0.2) is 0 Å². The molecule has 2 aromatic carbocycles. The van der Waals surface area contributed by atoms with Crippen LogP contribution in [0.25, 0.3) is 12.2 Å². The normalized spacial score (nSPS) is 13.8. The average molecular weight is 235 g/mol. The molecule has 1 N–H and O–H groups in total. The molecule has 0 atom stereocenters. The molecule has 0 radical (unpaired) electrons. The molecule has 0 heterocycles. The zero-order valence-electron chi connectivity index (χ0n) is 10.6. The van der Waals surface area contributed by atoms with E-state index in [1.165, 1.54) is 22.3 Å². The Hall–Kier alpha value is -1.86. The standard InChI is InChI=1S/C17H17N/c1-2-18-17-15-9-5-3-7-13(15)11-12-14-8-4-6-10-16(14)17/h3-12,17-18H,2H2,1H3. The van der Waals surface area contributed by atoms with Gasteiger partial charge >= 0.3 is 0 Å². The van der Waals surface area contributed by atoms with E-state index in [2.05, 4.69) is 72.9 Å². The minimum atomic E-state index is 0.289. The number of hydrogen-bond acceptors (Lipinski definition) is 1. The molecule has 1 aliphatic rings. The molecule has 1 aliphatic carbocycles. The van der Waals surface area contributed by atoms with Gasteiger partial charge in [-0.15, -0.1) is 0 Å². The topological polar surface area (TPSA) is 12.0 Å². The summed E-state index contributed by atoms with van der Waals surface area (Å²) in [4.78, 5) is 0. The number of rotatable bonds is 2. The van der Waals surface area contributed by atoms with Gasteiger partial charge in [-0.2, -0.15) is 0 Å². The van der Waals surface area contributed by atoms with Crippen molar-refractivity contribution in [3.8, 4) is 0 Å². The zero-order chi connectivity index (χ0) is 12.4. The third-order valence-electron chi connectivity index (χ3n) is 3.46. The van der Waals surface area contributed by atoms with Crippen LogP contribution in [0, 0.1) is 0 Å². The summed E-state index contributed by atoms with van der Waals surface area (Å²) < 4.78 is 0. The van der Waals surface area contributed by atoms with E-state index < -0.39 is 0 Å². The van der Waals surface area contributed by atoms with Crippen molar-refractivity contribution >= 4 is 12.2 Å². The van der Waals surface area contributed by atoms with E-state index >= 15 is 0 Å². The Bertz CT molecular complexity index is 534. The van der Waals surface area contributed by atoms with E-state index in [1.54, 1.807) is 0 Å². The molecule has 18 heavy (non-hydrogen) atoms. The molecule has 90 valence electrons. The molecular weight excluding hydrogens is 218 g/mol. The minimum absolute atomic E-state index is 0.289. The van der Waals surface area contributed by atoms with Gasteiger partial charge in [0.2, 0.25) is 0 Å². The first kappa shape index (κ1) is 11.2. The third-order valence-corrected chi connectivity index (χ3v) is 3.46. The molecule has 0 amide bonds. The van der Waals surface area contributed by atoms with Crippen LogP contribution in [-0.4, -0.2) is 6.54 Å². The Morgan fingerprint density at radius 1 is 0.833 bits per heavy atom. The molecule has 0 spiro atoms. The first-order valence-corrected chi connectivity index (χ1v) is 6.49. The first-order valence-electron chi connectivity index (χ1n) is 6.49. The Morgan fingerprint density at radius 2 is 1.33 bits per heavy atom. The maximum atomic E-state index is 3.60. The Morgan fingerprint density at radius 3 is 1.83 bits per heavy atom. The van der Waals surface area contributed by atoms with Gasteiger partial charge in [0.05, 0.1) is 6.04 Å². The second-order valence-electron chi connectivity index (χ2n) is 4.58. The van der Waals surface area contributed by atoms with E-state index in [9.17, 15) is 0 Å². The van der Waals surface area contributed by atoms with Gasteiger partial charge in [0.1, 0.15) is 0 Å². The minimum Gasteiger partial charge on any atom is -0.306 e. The molecule has 2 aromatic rings. The molecule has 0 unspecified atom stereocenters. The molecule has 0 aliphatic heterocycles. The highest BCUT2D eigenvalue weighted by Crippen LogP contribution is 2.32. The lowest BCUT2D eigenvalue weighted by molar-refractivity contribution is 0.630. The quantitative estimate of drug-likeness (QED) is 0.833. The molecule has 0 saturated heterocycles. The van der Waals surface area contributed by atoms with Gasteiger partial charge in [-0.05, 0) is 28.8 Å². The van der Waals surface area contributed by atoms with Crippen molar-refractivity contribution in [2.24, 2.45) is 0 Å². The van der Waals surface area contributed by atoms with Gasteiger partial charge in [0.25, 0.3) is 0 Å². The van der Waals surface area contributed by atoms with Crippen molar-refractivity contribution in [3.05, 3.63) is 70.8 Å². The van der Waals surface area contributed by atoms with E-state index in [1.807, 2.05) is 0 Å². The number of fused-ring (bicyclic) bond motifs is 2. The summed E-state index contributed by atoms with van der Waals surface area (Å²) in [6.45, 7) is 3.12. The van der Waals surface area contributed by atoms with E-state index in [-0.39, 0.29) is 6.04 Å². The SMILES string of the molecule is CCNC1c2ccccc2C=Cc2ccccc21. The number of hydrogen-bond donors (Lipinski definition) is 1. The van der Waals surface area contributed by atoms with Crippen LogP contribution in [0.1, 0.15) is 35.2 Å². The maximum absolute atomic E-state index is 3.60. The summed E-state index contributed by atoms with van der Waals surface area (Å²) in [5, 5.41) is 3.60. The lowest BCUT2D eigenvalue weighted by Gasteiger charge is -2.21. The van der Waals surface area contributed by atoms with Crippen LogP contribution in [0.4, 0.5) is 0 Å². The summed E-state index contributed by atoms with van der Waals surface area (Å²) in [5.41, 5.74) is 5.33. The van der Waals surface area contributed by atoms with Gasteiger partial charge in [-0.1, -0.05) is 67.6 Å². The molecule has 0 aromatic heterocycles.